The molecule has 1 aliphatic heterocycles. The lowest BCUT2D eigenvalue weighted by atomic mass is 10.0. The normalized spacial score (nSPS) is 14.3. The van der Waals surface area contributed by atoms with Gasteiger partial charge in [0.2, 0.25) is 0 Å². The van der Waals surface area contributed by atoms with E-state index in [4.69, 9.17) is 11.6 Å². The first kappa shape index (κ1) is 19.1. The molecule has 0 spiro atoms. The summed E-state index contributed by atoms with van der Waals surface area (Å²) in [5.74, 6) is -0.480. The predicted molar refractivity (Wildman–Crippen MR) is 106 cm³/mol. The number of pyridine rings is 1. The Morgan fingerprint density at radius 2 is 1.67 bits per heavy atom. The van der Waals surface area contributed by atoms with Gasteiger partial charge in [-0.2, -0.15) is 0 Å². The fraction of sp³-hybridized carbons (Fsp3) is 0.286. The molecule has 2 amide bonds. The summed E-state index contributed by atoms with van der Waals surface area (Å²) in [6.45, 7) is 5.43. The van der Waals surface area contributed by atoms with Gasteiger partial charge in [-0.1, -0.05) is 23.7 Å². The molecular weight excluding hydrogens is 362 g/mol. The number of carbonyl (C=O) groups is 2. The first-order chi connectivity index (χ1) is 13.1. The van der Waals surface area contributed by atoms with Gasteiger partial charge in [0.1, 0.15) is 5.70 Å². The molecule has 1 aromatic carbocycles. The lowest BCUT2D eigenvalue weighted by Gasteiger charge is -2.24. The molecule has 2 aromatic rings. The van der Waals surface area contributed by atoms with Gasteiger partial charge in [-0.05, 0) is 55.7 Å². The van der Waals surface area contributed by atoms with Crippen LogP contribution >= 0.6 is 11.6 Å². The number of amides is 2. The highest BCUT2D eigenvalue weighted by Crippen LogP contribution is 2.32. The Kier molecular flexibility index (Phi) is 5.91. The molecule has 6 heteroatoms. The van der Waals surface area contributed by atoms with Gasteiger partial charge in [0.05, 0.1) is 5.57 Å². The zero-order valence-corrected chi connectivity index (χ0v) is 16.2. The Labute approximate surface area is 164 Å². The highest BCUT2D eigenvalue weighted by molar-refractivity contribution is 6.36. The van der Waals surface area contributed by atoms with Crippen molar-refractivity contribution in [3.63, 3.8) is 0 Å². The zero-order chi connectivity index (χ0) is 19.4. The van der Waals surface area contributed by atoms with Crippen LogP contribution in [0.1, 0.15) is 25.0 Å². The van der Waals surface area contributed by atoms with Crippen LogP contribution in [-0.2, 0) is 16.0 Å². The number of benzene rings is 1. The van der Waals surface area contributed by atoms with Crippen LogP contribution in [0.5, 0.6) is 0 Å². The average Bonchev–Trinajstić information content (AvgIpc) is 2.94. The maximum atomic E-state index is 13.0. The Morgan fingerprint density at radius 3 is 2.26 bits per heavy atom. The predicted octanol–water partition coefficient (Wildman–Crippen LogP) is 3.40. The molecule has 0 atom stereocenters. The molecule has 27 heavy (non-hydrogen) atoms. The SMILES string of the molecule is CCN(CCc1ccncc1)C1=C(c2ccc(Cl)cc2)C(=O)N(CC)C1=O. The molecule has 0 unspecified atom stereocenters. The molecule has 0 saturated carbocycles. The summed E-state index contributed by atoms with van der Waals surface area (Å²) in [6.07, 6.45) is 4.28. The van der Waals surface area contributed by atoms with E-state index < -0.39 is 0 Å². The minimum absolute atomic E-state index is 0.232. The van der Waals surface area contributed by atoms with Crippen molar-refractivity contribution in [3.8, 4) is 0 Å². The number of rotatable bonds is 7. The molecule has 140 valence electrons. The molecule has 3 rings (SSSR count). The van der Waals surface area contributed by atoms with Gasteiger partial charge < -0.3 is 4.90 Å². The number of carbonyl (C=O) groups excluding carboxylic acids is 2. The minimum Gasteiger partial charge on any atom is -0.366 e. The molecule has 2 heterocycles. The van der Waals surface area contributed by atoms with Crippen LogP contribution in [0, 0.1) is 0 Å². The summed E-state index contributed by atoms with van der Waals surface area (Å²) in [7, 11) is 0. The lowest BCUT2D eigenvalue weighted by molar-refractivity contribution is -0.137. The second-order valence-electron chi connectivity index (χ2n) is 6.27. The van der Waals surface area contributed by atoms with Gasteiger partial charge >= 0.3 is 0 Å². The van der Waals surface area contributed by atoms with Crippen LogP contribution in [0.4, 0.5) is 0 Å². The first-order valence-electron chi connectivity index (χ1n) is 9.07. The van der Waals surface area contributed by atoms with E-state index in [1.807, 2.05) is 30.9 Å². The second-order valence-corrected chi connectivity index (χ2v) is 6.71. The Morgan fingerprint density at radius 1 is 1.00 bits per heavy atom. The van der Waals surface area contributed by atoms with Crippen molar-refractivity contribution < 1.29 is 9.59 Å². The Hall–Kier alpha value is -2.66. The van der Waals surface area contributed by atoms with Crippen molar-refractivity contribution in [2.24, 2.45) is 0 Å². The number of imide groups is 1. The second kappa shape index (κ2) is 8.35. The molecule has 0 radical (unpaired) electrons. The van der Waals surface area contributed by atoms with Crippen molar-refractivity contribution in [3.05, 3.63) is 70.6 Å². The fourth-order valence-corrected chi connectivity index (χ4v) is 3.39. The van der Waals surface area contributed by atoms with E-state index in [9.17, 15) is 9.59 Å². The largest absolute Gasteiger partial charge is 0.366 e. The highest BCUT2D eigenvalue weighted by atomic mass is 35.5. The van der Waals surface area contributed by atoms with Gasteiger partial charge in [0.25, 0.3) is 11.8 Å². The van der Waals surface area contributed by atoms with Crippen LogP contribution in [0.25, 0.3) is 5.57 Å². The quantitative estimate of drug-likeness (QED) is 0.687. The van der Waals surface area contributed by atoms with E-state index in [-0.39, 0.29) is 11.8 Å². The highest BCUT2D eigenvalue weighted by Gasteiger charge is 2.40. The Bertz CT molecular complexity index is 863. The maximum Gasteiger partial charge on any atom is 0.277 e. The van der Waals surface area contributed by atoms with Crippen LogP contribution in [0.2, 0.25) is 5.02 Å². The number of hydrogen-bond acceptors (Lipinski definition) is 4. The van der Waals surface area contributed by atoms with Crippen LogP contribution in [-0.4, -0.2) is 46.2 Å². The number of aromatic nitrogens is 1. The molecule has 1 aliphatic rings. The van der Waals surface area contributed by atoms with Gasteiger partial charge in [0, 0.05) is 37.1 Å². The smallest absolute Gasteiger partial charge is 0.277 e. The van der Waals surface area contributed by atoms with Crippen LogP contribution in [0.3, 0.4) is 0 Å². The monoisotopic (exact) mass is 383 g/mol. The third-order valence-corrected chi connectivity index (χ3v) is 4.96. The zero-order valence-electron chi connectivity index (χ0n) is 15.5. The number of halogens is 1. The number of hydrogen-bond donors (Lipinski definition) is 0. The molecular formula is C21H22ClN3O2. The van der Waals surface area contributed by atoms with Crippen molar-refractivity contribution in [2.45, 2.75) is 20.3 Å². The molecule has 0 N–H and O–H groups in total. The van der Waals surface area contributed by atoms with Crippen molar-refractivity contribution in [1.82, 2.24) is 14.8 Å². The van der Waals surface area contributed by atoms with Crippen molar-refractivity contribution in [2.75, 3.05) is 19.6 Å². The number of likely N-dealkylation sites (N-methyl/N-ethyl adjacent to an activating group) is 2. The standard InChI is InChI=1S/C21H22ClN3O2/c1-3-24(14-11-15-9-12-23-13-10-15)19-18(16-5-7-17(22)8-6-16)20(26)25(4-2)21(19)27/h5-10,12-13H,3-4,11,14H2,1-2H3. The van der Waals surface area contributed by atoms with E-state index >= 15 is 0 Å². The average molecular weight is 384 g/mol. The molecule has 0 aliphatic carbocycles. The van der Waals surface area contributed by atoms with Gasteiger partial charge in [-0.3, -0.25) is 19.5 Å². The number of nitrogens with zero attached hydrogens (tertiary/aromatic N) is 3. The van der Waals surface area contributed by atoms with E-state index in [1.165, 1.54) is 4.90 Å². The molecule has 1 aromatic heterocycles. The summed E-state index contributed by atoms with van der Waals surface area (Å²) >= 11 is 5.99. The maximum absolute atomic E-state index is 13.0. The minimum atomic E-state index is -0.248. The van der Waals surface area contributed by atoms with Crippen LogP contribution < -0.4 is 0 Å². The van der Waals surface area contributed by atoms with E-state index in [0.29, 0.717) is 41.5 Å². The summed E-state index contributed by atoms with van der Waals surface area (Å²) in [5.41, 5.74) is 2.78. The first-order valence-corrected chi connectivity index (χ1v) is 9.44. The fourth-order valence-electron chi connectivity index (χ4n) is 3.26. The van der Waals surface area contributed by atoms with Crippen LogP contribution in [0.15, 0.2) is 54.5 Å². The van der Waals surface area contributed by atoms with Gasteiger partial charge in [0.15, 0.2) is 0 Å². The Balaban J connectivity index is 1.98. The van der Waals surface area contributed by atoms with E-state index in [2.05, 4.69) is 4.98 Å². The third-order valence-electron chi connectivity index (χ3n) is 4.71. The summed E-state index contributed by atoms with van der Waals surface area (Å²) < 4.78 is 0. The van der Waals surface area contributed by atoms with Crippen molar-refractivity contribution in [1.29, 1.82) is 0 Å². The molecule has 0 bridgehead atoms. The van der Waals surface area contributed by atoms with Crippen molar-refractivity contribution >= 4 is 29.0 Å². The third kappa shape index (κ3) is 3.88. The van der Waals surface area contributed by atoms with E-state index in [0.717, 1.165) is 12.0 Å². The molecule has 0 saturated heterocycles. The van der Waals surface area contributed by atoms with Gasteiger partial charge in [-0.25, -0.2) is 0 Å². The van der Waals surface area contributed by atoms with E-state index in [1.54, 1.807) is 36.7 Å². The van der Waals surface area contributed by atoms with Gasteiger partial charge in [-0.15, -0.1) is 0 Å². The summed E-state index contributed by atoms with van der Waals surface area (Å²) in [4.78, 5) is 33.2. The molecule has 5 nitrogen and oxygen atoms in total. The molecule has 0 fully saturated rings. The topological polar surface area (TPSA) is 53.5 Å². The lowest BCUT2D eigenvalue weighted by Crippen LogP contribution is -2.35. The summed E-state index contributed by atoms with van der Waals surface area (Å²) in [6, 6.07) is 11.0. The summed E-state index contributed by atoms with van der Waals surface area (Å²) in [5, 5.41) is 0.593.